The first-order valence-electron chi connectivity index (χ1n) is 10.1. The molecule has 0 aliphatic carbocycles. The molecule has 5 nitrogen and oxygen atoms in total. The summed E-state index contributed by atoms with van der Waals surface area (Å²) in [5, 5.41) is 6.75. The zero-order valence-electron chi connectivity index (χ0n) is 17.2. The largest absolute Gasteiger partial charge is 0.366 e. The summed E-state index contributed by atoms with van der Waals surface area (Å²) < 4.78 is 0. The number of rotatable bonds is 8. The van der Waals surface area contributed by atoms with Crippen LogP contribution in [0.2, 0.25) is 0 Å². The van der Waals surface area contributed by atoms with E-state index >= 15 is 0 Å². The molecule has 0 bridgehead atoms. The average Bonchev–Trinajstić information content (AvgIpc) is 2.79. The summed E-state index contributed by atoms with van der Waals surface area (Å²) >= 11 is 0. The van der Waals surface area contributed by atoms with Crippen LogP contribution in [0, 0.1) is 0 Å². The summed E-state index contributed by atoms with van der Waals surface area (Å²) in [4.78, 5) is 15.7. The fourth-order valence-electron chi connectivity index (χ4n) is 3.39. The lowest BCUT2D eigenvalue weighted by molar-refractivity contribution is 0.1000. The molecular formula is C25H28N4O. The van der Waals surface area contributed by atoms with Gasteiger partial charge >= 0.3 is 0 Å². The monoisotopic (exact) mass is 400 g/mol. The van der Waals surface area contributed by atoms with Gasteiger partial charge in [0.05, 0.1) is 0 Å². The van der Waals surface area contributed by atoms with Crippen molar-refractivity contribution in [3.63, 3.8) is 0 Å². The second kappa shape index (κ2) is 10.8. The maximum atomic E-state index is 11.4. The van der Waals surface area contributed by atoms with Crippen LogP contribution in [0.4, 0.5) is 0 Å². The van der Waals surface area contributed by atoms with Gasteiger partial charge in [-0.15, -0.1) is 0 Å². The zero-order chi connectivity index (χ0) is 21.2. The summed E-state index contributed by atoms with van der Waals surface area (Å²) in [7, 11) is 1.75. The molecule has 3 aromatic rings. The van der Waals surface area contributed by atoms with Crippen molar-refractivity contribution in [3.05, 3.63) is 107 Å². The van der Waals surface area contributed by atoms with Crippen molar-refractivity contribution in [1.29, 1.82) is 0 Å². The predicted octanol–water partition coefficient (Wildman–Crippen LogP) is 3.48. The van der Waals surface area contributed by atoms with E-state index in [1.54, 1.807) is 19.2 Å². The molecule has 1 unspecified atom stereocenters. The van der Waals surface area contributed by atoms with Crippen molar-refractivity contribution >= 4 is 11.9 Å². The third kappa shape index (κ3) is 6.21. The van der Waals surface area contributed by atoms with E-state index in [2.05, 4.69) is 64.2 Å². The van der Waals surface area contributed by atoms with E-state index in [0.29, 0.717) is 24.0 Å². The van der Waals surface area contributed by atoms with Gasteiger partial charge in [0, 0.05) is 31.6 Å². The molecular weight excluding hydrogens is 372 g/mol. The third-order valence-electron chi connectivity index (χ3n) is 5.01. The number of nitrogens with one attached hydrogen (secondary N) is 2. The van der Waals surface area contributed by atoms with Crippen LogP contribution in [-0.4, -0.2) is 25.5 Å². The fraction of sp³-hybridized carbons (Fsp3) is 0.200. The van der Waals surface area contributed by atoms with Gasteiger partial charge in [0.25, 0.3) is 0 Å². The molecule has 3 aromatic carbocycles. The highest BCUT2D eigenvalue weighted by Crippen LogP contribution is 2.20. The molecule has 0 aliphatic heterocycles. The third-order valence-corrected chi connectivity index (χ3v) is 5.01. The number of nitrogens with zero attached hydrogens (tertiary/aromatic N) is 1. The Kier molecular flexibility index (Phi) is 7.61. The molecule has 3 rings (SSSR count). The highest BCUT2D eigenvalue weighted by Gasteiger charge is 2.13. The van der Waals surface area contributed by atoms with Gasteiger partial charge in [-0.25, -0.2) is 0 Å². The number of hydrogen-bond acceptors (Lipinski definition) is 2. The summed E-state index contributed by atoms with van der Waals surface area (Å²) in [5.74, 6) is 0.602. The second-order valence-corrected chi connectivity index (χ2v) is 7.17. The summed E-state index contributed by atoms with van der Waals surface area (Å²) in [5.41, 5.74) is 9.44. The molecule has 0 aliphatic rings. The Morgan fingerprint density at radius 2 is 1.57 bits per heavy atom. The molecule has 0 radical (unpaired) electrons. The van der Waals surface area contributed by atoms with Crippen molar-refractivity contribution in [3.8, 4) is 0 Å². The van der Waals surface area contributed by atoms with Crippen LogP contribution in [0.1, 0.15) is 33.0 Å². The summed E-state index contributed by atoms with van der Waals surface area (Å²) in [6.07, 6.45) is 0.940. The van der Waals surface area contributed by atoms with E-state index in [0.717, 1.165) is 18.5 Å². The van der Waals surface area contributed by atoms with Crippen molar-refractivity contribution in [1.82, 2.24) is 10.6 Å². The number of carbonyl (C=O) groups is 1. The van der Waals surface area contributed by atoms with E-state index in [1.165, 1.54) is 11.1 Å². The highest BCUT2D eigenvalue weighted by atomic mass is 16.1. The SMILES string of the molecule is CN=C(NCc1cccc(C(N)=O)c1)NCC(Cc1ccccc1)c1ccccc1. The van der Waals surface area contributed by atoms with Crippen molar-refractivity contribution in [2.75, 3.05) is 13.6 Å². The zero-order valence-corrected chi connectivity index (χ0v) is 17.2. The average molecular weight is 401 g/mol. The number of amides is 1. The van der Waals surface area contributed by atoms with E-state index in [4.69, 9.17) is 5.73 Å². The number of aliphatic imine (C=N–C) groups is 1. The van der Waals surface area contributed by atoms with Gasteiger partial charge in [0.1, 0.15) is 0 Å². The molecule has 0 fully saturated rings. The van der Waals surface area contributed by atoms with Crippen LogP contribution in [0.15, 0.2) is 89.9 Å². The van der Waals surface area contributed by atoms with Gasteiger partial charge in [0.2, 0.25) is 5.91 Å². The van der Waals surface area contributed by atoms with E-state index in [-0.39, 0.29) is 0 Å². The van der Waals surface area contributed by atoms with Gasteiger partial charge in [-0.1, -0.05) is 72.8 Å². The lowest BCUT2D eigenvalue weighted by Crippen LogP contribution is -2.39. The Hall–Kier alpha value is -3.60. The molecule has 154 valence electrons. The van der Waals surface area contributed by atoms with Gasteiger partial charge in [0.15, 0.2) is 5.96 Å². The van der Waals surface area contributed by atoms with Gasteiger partial charge in [-0.2, -0.15) is 0 Å². The van der Waals surface area contributed by atoms with E-state index in [1.807, 2.05) is 24.3 Å². The van der Waals surface area contributed by atoms with Gasteiger partial charge < -0.3 is 16.4 Å². The lowest BCUT2D eigenvalue weighted by Gasteiger charge is -2.20. The number of carbonyl (C=O) groups excluding carboxylic acids is 1. The molecule has 0 saturated heterocycles. The predicted molar refractivity (Wildman–Crippen MR) is 122 cm³/mol. The fourth-order valence-corrected chi connectivity index (χ4v) is 3.39. The van der Waals surface area contributed by atoms with Crippen molar-refractivity contribution in [2.24, 2.45) is 10.7 Å². The first-order chi connectivity index (χ1) is 14.7. The Labute approximate surface area is 178 Å². The Morgan fingerprint density at radius 3 is 2.23 bits per heavy atom. The van der Waals surface area contributed by atoms with Crippen molar-refractivity contribution < 1.29 is 4.79 Å². The minimum absolute atomic E-state index is 0.310. The van der Waals surface area contributed by atoms with Crippen LogP contribution in [-0.2, 0) is 13.0 Å². The quantitative estimate of drug-likeness (QED) is 0.400. The van der Waals surface area contributed by atoms with Crippen LogP contribution in [0.3, 0.4) is 0 Å². The molecule has 4 N–H and O–H groups in total. The minimum atomic E-state index is -0.425. The Bertz CT molecular complexity index is 971. The molecule has 1 amide bonds. The second-order valence-electron chi connectivity index (χ2n) is 7.17. The Balaban J connectivity index is 1.63. The molecule has 1 atom stereocenters. The maximum absolute atomic E-state index is 11.4. The first kappa shape index (κ1) is 21.1. The number of hydrogen-bond donors (Lipinski definition) is 3. The topological polar surface area (TPSA) is 79.5 Å². The number of benzene rings is 3. The normalized spacial score (nSPS) is 12.2. The van der Waals surface area contributed by atoms with Crippen LogP contribution in [0.5, 0.6) is 0 Å². The summed E-state index contributed by atoms with van der Waals surface area (Å²) in [6, 6.07) is 28.3. The van der Waals surface area contributed by atoms with Crippen LogP contribution in [0.25, 0.3) is 0 Å². The van der Waals surface area contributed by atoms with Gasteiger partial charge in [-0.3, -0.25) is 9.79 Å². The van der Waals surface area contributed by atoms with E-state index < -0.39 is 5.91 Å². The minimum Gasteiger partial charge on any atom is -0.366 e. The smallest absolute Gasteiger partial charge is 0.248 e. The maximum Gasteiger partial charge on any atom is 0.248 e. The molecule has 0 saturated carbocycles. The number of guanidine groups is 1. The standard InChI is InChI=1S/C25H28N4O/c1-27-25(28-17-20-11-8-14-22(16-20)24(26)30)29-18-23(21-12-6-3-7-13-21)15-19-9-4-2-5-10-19/h2-14,16,23H,15,17-18H2,1H3,(H2,26,30)(H2,27,28,29). The Morgan fingerprint density at radius 1 is 0.900 bits per heavy atom. The summed E-state index contributed by atoms with van der Waals surface area (Å²) in [6.45, 7) is 1.30. The highest BCUT2D eigenvalue weighted by molar-refractivity contribution is 5.92. The van der Waals surface area contributed by atoms with Crippen LogP contribution >= 0.6 is 0 Å². The van der Waals surface area contributed by atoms with E-state index in [9.17, 15) is 4.79 Å². The lowest BCUT2D eigenvalue weighted by atomic mass is 9.92. The molecule has 0 spiro atoms. The molecule has 0 heterocycles. The molecule has 30 heavy (non-hydrogen) atoms. The number of nitrogens with two attached hydrogens (primary N) is 1. The van der Waals surface area contributed by atoms with Crippen molar-refractivity contribution in [2.45, 2.75) is 18.9 Å². The van der Waals surface area contributed by atoms with Gasteiger partial charge in [-0.05, 0) is 35.2 Å². The molecule has 0 aromatic heterocycles. The molecule has 5 heteroatoms. The number of primary amides is 1. The van der Waals surface area contributed by atoms with Crippen LogP contribution < -0.4 is 16.4 Å². The first-order valence-corrected chi connectivity index (χ1v) is 10.1.